The van der Waals surface area contributed by atoms with Gasteiger partial charge in [-0.1, -0.05) is 52.3 Å². The maximum atomic E-state index is 12.3. The van der Waals surface area contributed by atoms with Crippen molar-refractivity contribution in [3.63, 3.8) is 0 Å². The molecular formula is C18H18BrNO2. The largest absolute Gasteiger partial charge is 0.383 e. The lowest BCUT2D eigenvalue weighted by Gasteiger charge is -2.29. The molecule has 1 aliphatic rings. The summed E-state index contributed by atoms with van der Waals surface area (Å²) in [6.45, 7) is 0.229. The molecule has 1 aliphatic carbocycles. The number of carbonyl (C=O) groups is 1. The van der Waals surface area contributed by atoms with Crippen LogP contribution in [-0.2, 0) is 5.60 Å². The summed E-state index contributed by atoms with van der Waals surface area (Å²) in [6, 6.07) is 16.8. The molecule has 3 nitrogen and oxygen atoms in total. The van der Waals surface area contributed by atoms with E-state index in [1.807, 2.05) is 42.5 Å². The summed E-state index contributed by atoms with van der Waals surface area (Å²) in [6.07, 6.45) is 2.00. The number of halogens is 1. The van der Waals surface area contributed by atoms with E-state index in [1.165, 1.54) is 0 Å². The first-order valence-corrected chi connectivity index (χ1v) is 8.20. The predicted molar refractivity (Wildman–Crippen MR) is 89.5 cm³/mol. The van der Waals surface area contributed by atoms with E-state index in [0.717, 1.165) is 22.9 Å². The van der Waals surface area contributed by atoms with Crippen molar-refractivity contribution < 1.29 is 9.90 Å². The number of rotatable bonds is 5. The zero-order valence-corrected chi connectivity index (χ0v) is 13.7. The molecule has 1 fully saturated rings. The molecule has 22 heavy (non-hydrogen) atoms. The second-order valence-corrected chi connectivity index (χ2v) is 6.67. The molecule has 0 radical (unpaired) electrons. The molecule has 3 rings (SSSR count). The highest BCUT2D eigenvalue weighted by Gasteiger charge is 2.45. The molecule has 1 amide bonds. The molecule has 2 aromatic rings. The third kappa shape index (κ3) is 3.23. The highest BCUT2D eigenvalue weighted by atomic mass is 79.9. The van der Waals surface area contributed by atoms with Crippen molar-refractivity contribution in [2.45, 2.75) is 18.4 Å². The number of hydrogen-bond acceptors (Lipinski definition) is 2. The van der Waals surface area contributed by atoms with Gasteiger partial charge in [0.1, 0.15) is 5.60 Å². The number of amides is 1. The van der Waals surface area contributed by atoms with E-state index in [-0.39, 0.29) is 18.4 Å². The highest BCUT2D eigenvalue weighted by Crippen LogP contribution is 2.45. The highest BCUT2D eigenvalue weighted by molar-refractivity contribution is 9.10. The van der Waals surface area contributed by atoms with Crippen LogP contribution < -0.4 is 5.32 Å². The fourth-order valence-electron chi connectivity index (χ4n) is 2.72. The summed E-state index contributed by atoms with van der Waals surface area (Å²) < 4.78 is 0.862. The maximum Gasteiger partial charge on any atom is 0.251 e. The molecule has 1 saturated carbocycles. The van der Waals surface area contributed by atoms with Crippen LogP contribution in [0.15, 0.2) is 59.1 Å². The van der Waals surface area contributed by atoms with Gasteiger partial charge < -0.3 is 10.4 Å². The van der Waals surface area contributed by atoms with Crippen LogP contribution in [0.5, 0.6) is 0 Å². The van der Waals surface area contributed by atoms with Crippen LogP contribution in [0, 0.1) is 5.92 Å². The first-order chi connectivity index (χ1) is 10.6. The second-order valence-electron chi connectivity index (χ2n) is 5.76. The molecule has 1 unspecified atom stereocenters. The fraction of sp³-hybridized carbons (Fsp3) is 0.278. The van der Waals surface area contributed by atoms with Crippen LogP contribution in [-0.4, -0.2) is 17.6 Å². The number of nitrogens with one attached hydrogen (secondary N) is 1. The number of aliphatic hydroxyl groups is 1. The Morgan fingerprint density at radius 3 is 2.55 bits per heavy atom. The van der Waals surface area contributed by atoms with E-state index in [0.29, 0.717) is 5.56 Å². The Labute approximate surface area is 138 Å². The molecule has 0 heterocycles. The van der Waals surface area contributed by atoms with Crippen LogP contribution in [0.1, 0.15) is 28.8 Å². The lowest BCUT2D eigenvalue weighted by Crippen LogP contribution is -2.42. The lowest BCUT2D eigenvalue weighted by molar-refractivity contribution is 0.0135. The number of carbonyl (C=O) groups excluding carboxylic acids is 1. The summed E-state index contributed by atoms with van der Waals surface area (Å²) in [5.74, 6) is 0.0500. The van der Waals surface area contributed by atoms with Crippen molar-refractivity contribution in [3.8, 4) is 0 Å². The standard InChI is InChI=1S/C18H18BrNO2/c19-16-8-4-5-13(11-16)17(21)20-12-18(22,15-9-10-15)14-6-2-1-3-7-14/h1-8,11,15,22H,9-10,12H2,(H,20,21). The van der Waals surface area contributed by atoms with Gasteiger partial charge in [-0.05, 0) is 42.5 Å². The van der Waals surface area contributed by atoms with Crippen LogP contribution in [0.4, 0.5) is 0 Å². The molecule has 4 heteroatoms. The molecule has 0 aromatic heterocycles. The van der Waals surface area contributed by atoms with Crippen LogP contribution in [0.2, 0.25) is 0 Å². The van der Waals surface area contributed by atoms with Gasteiger partial charge in [0.05, 0.1) is 6.54 Å². The molecular weight excluding hydrogens is 342 g/mol. The molecule has 0 bridgehead atoms. The van der Waals surface area contributed by atoms with Crippen molar-refractivity contribution >= 4 is 21.8 Å². The normalized spacial score (nSPS) is 16.8. The van der Waals surface area contributed by atoms with E-state index < -0.39 is 5.60 Å². The molecule has 2 aromatic carbocycles. The van der Waals surface area contributed by atoms with Gasteiger partial charge in [-0.15, -0.1) is 0 Å². The van der Waals surface area contributed by atoms with Crippen molar-refractivity contribution in [3.05, 3.63) is 70.2 Å². The van der Waals surface area contributed by atoms with Gasteiger partial charge in [0.15, 0.2) is 0 Å². The number of hydrogen-bond donors (Lipinski definition) is 2. The Morgan fingerprint density at radius 1 is 1.18 bits per heavy atom. The summed E-state index contributed by atoms with van der Waals surface area (Å²) in [4.78, 5) is 12.3. The van der Waals surface area contributed by atoms with Gasteiger partial charge in [0.2, 0.25) is 0 Å². The van der Waals surface area contributed by atoms with Crippen molar-refractivity contribution in [1.82, 2.24) is 5.32 Å². The van der Waals surface area contributed by atoms with E-state index in [4.69, 9.17) is 0 Å². The third-order valence-electron chi connectivity index (χ3n) is 4.13. The third-order valence-corrected chi connectivity index (χ3v) is 4.62. The Bertz CT molecular complexity index is 670. The van der Waals surface area contributed by atoms with Crippen molar-refractivity contribution in [2.75, 3.05) is 6.54 Å². The lowest BCUT2D eigenvalue weighted by atomic mass is 9.88. The molecule has 0 saturated heterocycles. The first-order valence-electron chi connectivity index (χ1n) is 7.41. The van der Waals surface area contributed by atoms with Gasteiger partial charge in [-0.2, -0.15) is 0 Å². The van der Waals surface area contributed by atoms with Gasteiger partial charge >= 0.3 is 0 Å². The summed E-state index contributed by atoms with van der Waals surface area (Å²) in [5.41, 5.74) is 0.468. The van der Waals surface area contributed by atoms with Gasteiger partial charge in [0, 0.05) is 10.0 Å². The van der Waals surface area contributed by atoms with E-state index in [9.17, 15) is 9.90 Å². The molecule has 114 valence electrons. The Balaban J connectivity index is 1.74. The molecule has 0 spiro atoms. The number of benzene rings is 2. The second kappa shape index (κ2) is 6.23. The average Bonchev–Trinajstić information content (AvgIpc) is 3.38. The molecule has 2 N–H and O–H groups in total. The Morgan fingerprint density at radius 2 is 1.91 bits per heavy atom. The first kappa shape index (κ1) is 15.3. The average molecular weight is 360 g/mol. The van der Waals surface area contributed by atoms with Crippen molar-refractivity contribution in [1.29, 1.82) is 0 Å². The zero-order chi connectivity index (χ0) is 15.6. The summed E-state index contributed by atoms with van der Waals surface area (Å²) in [7, 11) is 0. The van der Waals surface area contributed by atoms with Crippen LogP contribution in [0.3, 0.4) is 0 Å². The van der Waals surface area contributed by atoms with Gasteiger partial charge in [-0.25, -0.2) is 0 Å². The minimum atomic E-state index is -0.983. The maximum absolute atomic E-state index is 12.3. The monoisotopic (exact) mass is 359 g/mol. The van der Waals surface area contributed by atoms with E-state index in [1.54, 1.807) is 12.1 Å². The summed E-state index contributed by atoms with van der Waals surface area (Å²) >= 11 is 3.36. The van der Waals surface area contributed by atoms with E-state index >= 15 is 0 Å². The quantitative estimate of drug-likeness (QED) is 0.858. The predicted octanol–water partition coefficient (Wildman–Crippen LogP) is 3.48. The van der Waals surface area contributed by atoms with E-state index in [2.05, 4.69) is 21.2 Å². The Kier molecular flexibility index (Phi) is 4.32. The minimum absolute atomic E-state index is 0.170. The SMILES string of the molecule is O=C(NCC(O)(c1ccccc1)C1CC1)c1cccc(Br)c1. The molecule has 1 atom stereocenters. The van der Waals surface area contributed by atoms with Gasteiger partial charge in [0.25, 0.3) is 5.91 Å². The topological polar surface area (TPSA) is 49.3 Å². The minimum Gasteiger partial charge on any atom is -0.383 e. The van der Waals surface area contributed by atoms with Crippen LogP contribution in [0.25, 0.3) is 0 Å². The molecule has 0 aliphatic heterocycles. The Hall–Kier alpha value is -1.65. The van der Waals surface area contributed by atoms with Crippen molar-refractivity contribution in [2.24, 2.45) is 5.92 Å². The summed E-state index contributed by atoms with van der Waals surface area (Å²) in [5, 5.41) is 13.9. The fourth-order valence-corrected chi connectivity index (χ4v) is 3.12. The zero-order valence-electron chi connectivity index (χ0n) is 12.1. The smallest absolute Gasteiger partial charge is 0.251 e. The van der Waals surface area contributed by atoms with Crippen LogP contribution >= 0.6 is 15.9 Å². The van der Waals surface area contributed by atoms with Gasteiger partial charge in [-0.3, -0.25) is 4.79 Å².